The van der Waals surface area contributed by atoms with Gasteiger partial charge in [-0.15, -0.1) is 62.5 Å². The molecule has 1 aliphatic carbocycles. The Morgan fingerprint density at radius 3 is 1.84 bits per heavy atom. The van der Waals surface area contributed by atoms with E-state index in [2.05, 4.69) is 109 Å². The van der Waals surface area contributed by atoms with E-state index in [9.17, 15) is 4.79 Å². The summed E-state index contributed by atoms with van der Waals surface area (Å²) >= 11 is 5.38. The highest BCUT2D eigenvalue weighted by atomic mass is 33.3. The first kappa shape index (κ1) is 38.3. The molecule has 0 spiro atoms. The molecule has 0 saturated heterocycles. The van der Waals surface area contributed by atoms with Gasteiger partial charge in [-0.05, 0) is 100 Å². The van der Waals surface area contributed by atoms with E-state index in [1.165, 1.54) is 7.04 Å². The average molecular weight is 860 g/mol. The number of hydrogen-bond donors (Lipinski definition) is 1. The molecule has 0 radical (unpaired) electrons. The summed E-state index contributed by atoms with van der Waals surface area (Å²) in [6.45, 7) is 17.5. The predicted molar refractivity (Wildman–Crippen MR) is 242 cm³/mol. The van der Waals surface area contributed by atoms with Gasteiger partial charge in [0.05, 0.1) is 4.11 Å². The van der Waals surface area contributed by atoms with Crippen molar-refractivity contribution in [2.24, 2.45) is 5.41 Å². The molecule has 240 valence electrons. The van der Waals surface area contributed by atoms with Crippen molar-refractivity contribution in [1.29, 1.82) is 0 Å². The highest BCUT2D eigenvalue weighted by Crippen LogP contribution is 3.20. The minimum atomic E-state index is -0.315. The molecule has 0 aliphatic heterocycles. The van der Waals surface area contributed by atoms with Crippen LogP contribution in [0.4, 0.5) is 0 Å². The molecule has 2 aromatic carbocycles. The van der Waals surface area contributed by atoms with Crippen LogP contribution in [0.3, 0.4) is 0 Å². The van der Waals surface area contributed by atoms with Crippen molar-refractivity contribution in [2.75, 3.05) is 6.54 Å². The lowest BCUT2D eigenvalue weighted by Crippen LogP contribution is -2.42. The molecule has 1 aliphatic rings. The molecule has 0 bridgehead atoms. The van der Waals surface area contributed by atoms with Crippen molar-refractivity contribution >= 4 is 129 Å². The van der Waals surface area contributed by atoms with Crippen LogP contribution in [-0.2, 0) is 29.1 Å². The summed E-state index contributed by atoms with van der Waals surface area (Å²) in [5.74, 6) is -0.153. The number of rotatable bonds is 10. The summed E-state index contributed by atoms with van der Waals surface area (Å²) < 4.78 is 26.4. The van der Waals surface area contributed by atoms with E-state index in [-0.39, 0.29) is 76.2 Å². The molecule has 1 N–H and O–H groups in total. The molecular formula is C26H49NOP14S. The molecule has 3 rings (SSSR count). The summed E-state index contributed by atoms with van der Waals surface area (Å²) in [5.41, 5.74) is 4.18. The Morgan fingerprint density at radius 1 is 0.860 bits per heavy atom. The molecule has 2 nitrogen and oxygen atoms in total. The highest BCUT2D eigenvalue weighted by molar-refractivity contribution is 9.26. The molecular weight excluding hydrogens is 808 g/mol. The van der Waals surface area contributed by atoms with E-state index in [0.29, 0.717) is 30.1 Å². The number of nitrogens with one attached hydrogen (secondary N) is 1. The zero-order valence-electron chi connectivity index (χ0n) is 29.1. The first-order valence-electron chi connectivity index (χ1n) is 14.8. The van der Waals surface area contributed by atoms with Gasteiger partial charge in [0.25, 0.3) is 5.91 Å². The molecule has 0 heterocycles. The fourth-order valence-electron chi connectivity index (χ4n) is 4.97. The number of amides is 1. The Labute approximate surface area is 295 Å². The molecule has 9 unspecified atom stereocenters. The summed E-state index contributed by atoms with van der Waals surface area (Å²) in [7, 11) is 22.4. The monoisotopic (exact) mass is 860 g/mol. The third-order valence-corrected chi connectivity index (χ3v) is 93.7. The minimum absolute atomic E-state index is 0.0273. The predicted octanol–water partition coefficient (Wildman–Crippen LogP) is 14.2. The molecule has 2 aromatic rings. The summed E-state index contributed by atoms with van der Waals surface area (Å²) in [6, 6.07) is 6.45. The maximum Gasteiger partial charge on any atom is 0.251 e. The van der Waals surface area contributed by atoms with Gasteiger partial charge < -0.3 is 5.32 Å². The molecule has 1 amide bonds. The number of aryl methyl sites for hydroxylation is 2. The summed E-state index contributed by atoms with van der Waals surface area (Å²) in [5, 5.41) is 2.93. The van der Waals surface area contributed by atoms with Gasteiger partial charge >= 0.3 is 0 Å². The van der Waals surface area contributed by atoms with Crippen LogP contribution in [0, 0.1) is 19.3 Å². The van der Waals surface area contributed by atoms with E-state index in [1.807, 2.05) is 32.0 Å². The van der Waals surface area contributed by atoms with Crippen LogP contribution in [0.1, 0.15) is 83.8 Å². The fourth-order valence-corrected chi connectivity index (χ4v) is 138. The van der Waals surface area contributed by atoms with E-state index >= 15 is 0 Å². The summed E-state index contributed by atoms with van der Waals surface area (Å²) in [6.07, 6.45) is 0.365. The Hall–Kier alpha value is 4.02. The second kappa shape index (κ2) is 18.5. The zero-order chi connectivity index (χ0) is 35.7. The lowest BCUT2D eigenvalue weighted by atomic mass is 9.59. The Balaban J connectivity index is 0.000000415. The fraction of sp³-hybridized carbons (Fsp3) is 0.500. The number of benzene rings is 2. The molecule has 17 heteroatoms. The van der Waals surface area contributed by atoms with Crippen LogP contribution in [0.25, 0.3) is 0 Å². The van der Waals surface area contributed by atoms with Crippen molar-refractivity contribution in [3.8, 4) is 0 Å². The number of fused-ring (bicyclic) bond motifs is 1. The maximum absolute atomic E-state index is 12.6. The standard InChI is InChI=1S/C26H35NO.H14P14S/c1-17-13-18(2)15-20(14-17)23(28)27-12-11-19-9-10-21-22(16-19)25(5,6)26(7,8)24(21,3)4;1-9(2)12(7)13(8-15)14(10(3)4)11(5)6/h9-10,13-16H,11-12H2,1-8H3,(H,27,28);1-7H2/i9D,10D,16D;. The molecule has 0 fully saturated rings. The zero-order valence-corrected chi connectivity index (χ0v) is 41.3. The Kier molecular flexibility index (Phi) is 16.5. The second-order valence-electron chi connectivity index (χ2n) is 11.9. The lowest BCUT2D eigenvalue weighted by molar-refractivity contribution is 0.0954. The first-order chi connectivity index (χ1) is 21.0. The molecule has 0 aromatic heterocycles. The van der Waals surface area contributed by atoms with Crippen LogP contribution < -0.4 is 5.32 Å². The van der Waals surface area contributed by atoms with Gasteiger partial charge in [0.2, 0.25) is 0 Å². The van der Waals surface area contributed by atoms with Crippen LogP contribution in [0.5, 0.6) is 0 Å². The van der Waals surface area contributed by atoms with Gasteiger partial charge in [0.15, 0.2) is 0 Å². The number of carbonyl (C=O) groups is 1. The number of hydrogen-bond acceptors (Lipinski definition) is 2. The van der Waals surface area contributed by atoms with Crippen LogP contribution >= 0.6 is 111 Å². The third kappa shape index (κ3) is 10.8. The van der Waals surface area contributed by atoms with Gasteiger partial charge in [-0.1, -0.05) is 88.7 Å². The molecule has 43 heavy (non-hydrogen) atoms. The largest absolute Gasteiger partial charge is 0.352 e. The van der Waals surface area contributed by atoms with Crippen molar-refractivity contribution in [3.05, 3.63) is 69.7 Å². The molecule has 0 saturated carbocycles. The van der Waals surface area contributed by atoms with Gasteiger partial charge in [0, 0.05) is 26.1 Å². The highest BCUT2D eigenvalue weighted by Gasteiger charge is 2.56. The van der Waals surface area contributed by atoms with E-state index in [0.717, 1.165) is 22.3 Å². The van der Waals surface area contributed by atoms with Gasteiger partial charge in [-0.2, -0.15) is 0 Å². The van der Waals surface area contributed by atoms with E-state index in [1.54, 1.807) is 0 Å². The molecule has 9 atom stereocenters. The minimum Gasteiger partial charge on any atom is -0.352 e. The normalized spacial score (nSPS) is 19.0. The Morgan fingerprint density at radius 2 is 1.37 bits per heavy atom. The van der Waals surface area contributed by atoms with Gasteiger partial charge in [-0.3, -0.25) is 4.79 Å². The number of carbonyl (C=O) groups excluding carboxylic acids is 1. The summed E-state index contributed by atoms with van der Waals surface area (Å²) in [4.78, 5) is 12.6. The third-order valence-electron chi connectivity index (χ3n) is 8.45. The second-order valence-corrected chi connectivity index (χ2v) is 66.0. The van der Waals surface area contributed by atoms with E-state index in [4.69, 9.17) is 15.9 Å². The lowest BCUT2D eigenvalue weighted by Gasteiger charge is -2.44. The first-order valence-corrected chi connectivity index (χ1v) is 38.9. The maximum atomic E-state index is 12.6. The smallest absolute Gasteiger partial charge is 0.251 e. The van der Waals surface area contributed by atoms with Crippen LogP contribution in [0.15, 0.2) is 36.3 Å². The van der Waals surface area contributed by atoms with Crippen molar-refractivity contribution < 1.29 is 8.91 Å². The Bertz CT molecular complexity index is 1420. The van der Waals surface area contributed by atoms with Crippen LogP contribution in [-0.4, -0.2) is 12.5 Å². The van der Waals surface area contributed by atoms with Gasteiger partial charge in [0.1, 0.15) is 0 Å². The quantitative estimate of drug-likeness (QED) is 0.241. The van der Waals surface area contributed by atoms with Crippen molar-refractivity contribution in [1.82, 2.24) is 5.32 Å². The SMILES string of the molecule is PP(P)P(P)P(P=S)P(P(P)P)P(P)P.[2H]c1c([2H])c2c(c([2H])c1CCNC(=O)c1cc(C)cc(C)c1)C(C)(C)C(C)(C)C2(C)C. The topological polar surface area (TPSA) is 29.1 Å². The van der Waals surface area contributed by atoms with Crippen molar-refractivity contribution in [2.45, 2.75) is 72.6 Å². The average Bonchev–Trinajstić information content (AvgIpc) is 3.04. The van der Waals surface area contributed by atoms with Crippen LogP contribution in [0.2, 0.25) is 0 Å². The van der Waals surface area contributed by atoms with Gasteiger partial charge in [-0.25, -0.2) is 0 Å². The van der Waals surface area contributed by atoms with Crippen molar-refractivity contribution in [3.63, 3.8) is 0 Å². The van der Waals surface area contributed by atoms with E-state index < -0.39 is 0 Å².